The Bertz CT molecular complexity index is 824. The highest BCUT2D eigenvalue weighted by molar-refractivity contribution is 14.0. The summed E-state index contributed by atoms with van der Waals surface area (Å²) in [5.41, 5.74) is 2.13. The molecule has 6 nitrogen and oxygen atoms in total. The van der Waals surface area contributed by atoms with Crippen molar-refractivity contribution in [3.63, 3.8) is 0 Å². The number of fused-ring (bicyclic) bond motifs is 1. The van der Waals surface area contributed by atoms with Gasteiger partial charge in [0, 0.05) is 44.1 Å². The van der Waals surface area contributed by atoms with Crippen LogP contribution >= 0.6 is 35.3 Å². The molecule has 3 N–H and O–H groups in total. The summed E-state index contributed by atoms with van der Waals surface area (Å²) in [4.78, 5) is 18.0. The van der Waals surface area contributed by atoms with Crippen molar-refractivity contribution in [3.8, 4) is 0 Å². The molecular formula is C19H27IN6S. The molecule has 0 bridgehead atoms. The first-order valence-corrected chi connectivity index (χ1v) is 9.92. The summed E-state index contributed by atoms with van der Waals surface area (Å²) in [6.45, 7) is 3.85. The van der Waals surface area contributed by atoms with Gasteiger partial charge in [0.1, 0.15) is 5.82 Å². The normalized spacial score (nSPS) is 11.4. The van der Waals surface area contributed by atoms with E-state index in [1.807, 2.05) is 24.4 Å². The van der Waals surface area contributed by atoms with Gasteiger partial charge in [0.05, 0.1) is 16.0 Å². The predicted octanol–water partition coefficient (Wildman–Crippen LogP) is 3.54. The number of hydrogen-bond donors (Lipinski definition) is 3. The second-order valence-electron chi connectivity index (χ2n) is 6.05. The highest BCUT2D eigenvalue weighted by Crippen LogP contribution is 2.13. The zero-order valence-electron chi connectivity index (χ0n) is 15.8. The van der Waals surface area contributed by atoms with Crippen LogP contribution in [-0.2, 0) is 19.3 Å². The molecular weight excluding hydrogens is 471 g/mol. The number of rotatable bonds is 8. The summed E-state index contributed by atoms with van der Waals surface area (Å²) >= 11 is 1.79. The van der Waals surface area contributed by atoms with Crippen molar-refractivity contribution in [1.82, 2.24) is 25.6 Å². The zero-order chi connectivity index (χ0) is 18.2. The minimum Gasteiger partial charge on any atom is -0.356 e. The maximum atomic E-state index is 4.61. The van der Waals surface area contributed by atoms with Crippen molar-refractivity contribution < 1.29 is 0 Å². The molecule has 0 amide bonds. The number of aromatic amines is 1. The van der Waals surface area contributed by atoms with E-state index in [2.05, 4.69) is 43.6 Å². The molecule has 0 aliphatic heterocycles. The van der Waals surface area contributed by atoms with E-state index in [1.165, 1.54) is 9.88 Å². The van der Waals surface area contributed by atoms with E-state index in [9.17, 15) is 0 Å². The molecule has 0 aliphatic rings. The molecule has 2 heterocycles. The van der Waals surface area contributed by atoms with Crippen LogP contribution in [0.15, 0.2) is 35.5 Å². The number of aliphatic imine (C=N–C) groups is 1. The van der Waals surface area contributed by atoms with Crippen LogP contribution in [0.4, 0.5) is 0 Å². The van der Waals surface area contributed by atoms with E-state index < -0.39 is 0 Å². The van der Waals surface area contributed by atoms with Crippen LogP contribution in [0.2, 0.25) is 0 Å². The topological polar surface area (TPSA) is 78.0 Å². The molecule has 3 aromatic rings. The van der Waals surface area contributed by atoms with Gasteiger partial charge >= 0.3 is 0 Å². The fraction of sp³-hybridized carbons (Fsp3) is 0.421. The second kappa shape index (κ2) is 11.2. The number of benzene rings is 1. The van der Waals surface area contributed by atoms with Crippen molar-refractivity contribution >= 4 is 52.3 Å². The van der Waals surface area contributed by atoms with E-state index in [4.69, 9.17) is 0 Å². The number of H-pyrrole nitrogens is 1. The SMILES string of the molecule is CCc1cnc(CCNC(=NC)NCCCc2nc3ccccc3[nH]2)s1.I. The summed E-state index contributed by atoms with van der Waals surface area (Å²) in [7, 11) is 1.80. The van der Waals surface area contributed by atoms with Gasteiger partial charge in [-0.2, -0.15) is 0 Å². The molecule has 27 heavy (non-hydrogen) atoms. The average molecular weight is 498 g/mol. The lowest BCUT2D eigenvalue weighted by Gasteiger charge is -2.10. The van der Waals surface area contributed by atoms with Gasteiger partial charge in [-0.15, -0.1) is 35.3 Å². The van der Waals surface area contributed by atoms with Crippen LogP contribution in [0.1, 0.15) is 29.1 Å². The number of para-hydroxylation sites is 2. The molecule has 0 saturated heterocycles. The molecule has 0 unspecified atom stereocenters. The quantitative estimate of drug-likeness (QED) is 0.192. The van der Waals surface area contributed by atoms with Crippen LogP contribution < -0.4 is 10.6 Å². The maximum Gasteiger partial charge on any atom is 0.190 e. The smallest absolute Gasteiger partial charge is 0.190 e. The van der Waals surface area contributed by atoms with Crippen molar-refractivity contribution in [2.75, 3.05) is 20.1 Å². The Hall–Kier alpha value is -1.68. The maximum absolute atomic E-state index is 4.61. The lowest BCUT2D eigenvalue weighted by molar-refractivity contribution is 0.724. The number of aryl methyl sites for hydroxylation is 2. The van der Waals surface area contributed by atoms with E-state index in [0.717, 1.165) is 61.6 Å². The summed E-state index contributed by atoms with van der Waals surface area (Å²) in [5, 5.41) is 7.88. The lowest BCUT2D eigenvalue weighted by Crippen LogP contribution is -2.38. The molecule has 8 heteroatoms. The summed E-state index contributed by atoms with van der Waals surface area (Å²) in [6, 6.07) is 8.13. The number of nitrogens with zero attached hydrogens (tertiary/aromatic N) is 3. The van der Waals surface area contributed by atoms with Crippen molar-refractivity contribution in [2.45, 2.75) is 32.6 Å². The second-order valence-corrected chi connectivity index (χ2v) is 7.25. The molecule has 3 rings (SSSR count). The van der Waals surface area contributed by atoms with Gasteiger partial charge in [-0.1, -0.05) is 19.1 Å². The van der Waals surface area contributed by atoms with Crippen LogP contribution in [-0.4, -0.2) is 41.0 Å². The molecule has 0 fully saturated rings. The number of aromatic nitrogens is 3. The minimum atomic E-state index is 0. The Labute approximate surface area is 181 Å². The van der Waals surface area contributed by atoms with Gasteiger partial charge in [-0.05, 0) is 25.0 Å². The van der Waals surface area contributed by atoms with Crippen LogP contribution in [0.25, 0.3) is 11.0 Å². The first-order valence-electron chi connectivity index (χ1n) is 9.10. The van der Waals surface area contributed by atoms with Gasteiger partial charge in [-0.25, -0.2) is 9.97 Å². The van der Waals surface area contributed by atoms with E-state index in [1.54, 1.807) is 18.4 Å². The Balaban J connectivity index is 0.00000261. The number of hydrogen-bond acceptors (Lipinski definition) is 4. The van der Waals surface area contributed by atoms with Crippen LogP contribution in [0.5, 0.6) is 0 Å². The highest BCUT2D eigenvalue weighted by atomic mass is 127. The Morgan fingerprint density at radius 3 is 2.74 bits per heavy atom. The Morgan fingerprint density at radius 2 is 2.00 bits per heavy atom. The van der Waals surface area contributed by atoms with Gasteiger partial charge in [0.2, 0.25) is 0 Å². The molecule has 146 valence electrons. The van der Waals surface area contributed by atoms with Gasteiger partial charge in [-0.3, -0.25) is 4.99 Å². The fourth-order valence-corrected chi connectivity index (χ4v) is 3.58. The lowest BCUT2D eigenvalue weighted by atomic mass is 10.3. The molecule has 0 atom stereocenters. The van der Waals surface area contributed by atoms with Crippen molar-refractivity contribution in [3.05, 3.63) is 46.2 Å². The number of halogens is 1. The minimum absolute atomic E-state index is 0. The van der Waals surface area contributed by atoms with Crippen LogP contribution in [0.3, 0.4) is 0 Å². The molecule has 1 aromatic carbocycles. The third kappa shape index (κ3) is 6.46. The van der Waals surface area contributed by atoms with E-state index in [0.29, 0.717) is 0 Å². The highest BCUT2D eigenvalue weighted by Gasteiger charge is 2.04. The Morgan fingerprint density at radius 1 is 1.19 bits per heavy atom. The third-order valence-corrected chi connectivity index (χ3v) is 5.33. The summed E-state index contributed by atoms with van der Waals surface area (Å²) in [6.07, 6.45) is 5.86. The number of nitrogens with one attached hydrogen (secondary N) is 3. The number of thiazole rings is 1. The number of guanidine groups is 1. The Kier molecular flexibility index (Phi) is 8.99. The zero-order valence-corrected chi connectivity index (χ0v) is 18.9. The molecule has 0 spiro atoms. The van der Waals surface area contributed by atoms with E-state index >= 15 is 0 Å². The summed E-state index contributed by atoms with van der Waals surface area (Å²) < 4.78 is 0. The van der Waals surface area contributed by atoms with Gasteiger partial charge in [0.25, 0.3) is 0 Å². The van der Waals surface area contributed by atoms with Crippen molar-refractivity contribution in [1.29, 1.82) is 0 Å². The first kappa shape index (κ1) is 21.6. The first-order chi connectivity index (χ1) is 12.8. The average Bonchev–Trinajstić information content (AvgIpc) is 3.29. The summed E-state index contributed by atoms with van der Waals surface area (Å²) in [5.74, 6) is 1.87. The molecule has 0 saturated carbocycles. The third-order valence-electron chi connectivity index (χ3n) is 4.13. The number of imidazole rings is 1. The van der Waals surface area contributed by atoms with Crippen LogP contribution in [0, 0.1) is 0 Å². The van der Waals surface area contributed by atoms with E-state index in [-0.39, 0.29) is 24.0 Å². The molecule has 0 aliphatic carbocycles. The molecule has 2 aromatic heterocycles. The van der Waals surface area contributed by atoms with Gasteiger partial charge < -0.3 is 15.6 Å². The van der Waals surface area contributed by atoms with Gasteiger partial charge in [0.15, 0.2) is 5.96 Å². The monoisotopic (exact) mass is 498 g/mol. The predicted molar refractivity (Wildman–Crippen MR) is 124 cm³/mol. The standard InChI is InChI=1S/C19H26N6S.HI/c1-3-14-13-23-18(26-14)10-12-22-19(20-2)21-11-6-9-17-24-15-7-4-5-8-16(15)25-17;/h4-5,7-8,13H,3,6,9-12H2,1-2H3,(H,24,25)(H2,20,21,22);1H. The van der Waals surface area contributed by atoms with Crippen molar-refractivity contribution in [2.24, 2.45) is 4.99 Å². The molecule has 0 radical (unpaired) electrons. The fourth-order valence-electron chi connectivity index (χ4n) is 2.72. The largest absolute Gasteiger partial charge is 0.356 e.